The van der Waals surface area contributed by atoms with Gasteiger partial charge in [0.25, 0.3) is 0 Å². The van der Waals surface area contributed by atoms with Gasteiger partial charge in [-0.2, -0.15) is 0 Å². The number of benzene rings is 1. The SMILES string of the molecule is COC(=O)c1cc(S(N)(=O)=O)ccc1F. The maximum absolute atomic E-state index is 13.1. The summed E-state index contributed by atoms with van der Waals surface area (Å²) in [6.45, 7) is 0. The molecule has 5 nitrogen and oxygen atoms in total. The summed E-state index contributed by atoms with van der Waals surface area (Å²) in [5.74, 6) is -1.83. The molecule has 0 unspecified atom stereocenters. The lowest BCUT2D eigenvalue weighted by molar-refractivity contribution is 0.0595. The predicted octanol–water partition coefficient (Wildman–Crippen LogP) is 0.260. The molecule has 1 aromatic carbocycles. The lowest BCUT2D eigenvalue weighted by Crippen LogP contribution is -2.14. The van der Waals surface area contributed by atoms with Crippen LogP contribution in [0.15, 0.2) is 23.1 Å². The molecule has 0 heterocycles. The molecule has 0 bridgehead atoms. The van der Waals surface area contributed by atoms with E-state index in [1.165, 1.54) is 0 Å². The Morgan fingerprint density at radius 3 is 2.53 bits per heavy atom. The summed E-state index contributed by atoms with van der Waals surface area (Å²) in [5.41, 5.74) is -0.468. The second kappa shape index (κ2) is 3.95. The smallest absolute Gasteiger partial charge is 0.340 e. The number of methoxy groups -OCH3 is 1. The Labute approximate surface area is 85.7 Å². The van der Waals surface area contributed by atoms with Gasteiger partial charge >= 0.3 is 5.97 Å². The molecule has 0 fully saturated rings. The third-order valence-electron chi connectivity index (χ3n) is 1.67. The number of sulfonamides is 1. The molecule has 0 aliphatic heterocycles. The van der Waals surface area contributed by atoms with Gasteiger partial charge in [0.2, 0.25) is 10.0 Å². The molecule has 2 N–H and O–H groups in total. The molecule has 0 atom stereocenters. The predicted molar refractivity (Wildman–Crippen MR) is 49.1 cm³/mol. The highest BCUT2D eigenvalue weighted by Gasteiger charge is 2.16. The van der Waals surface area contributed by atoms with Gasteiger partial charge < -0.3 is 4.74 Å². The zero-order valence-electron chi connectivity index (χ0n) is 7.73. The van der Waals surface area contributed by atoms with Crippen molar-refractivity contribution in [2.75, 3.05) is 7.11 Å². The number of hydrogen-bond donors (Lipinski definition) is 1. The quantitative estimate of drug-likeness (QED) is 0.742. The molecular weight excluding hydrogens is 225 g/mol. The zero-order chi connectivity index (χ0) is 11.6. The Bertz CT molecular complexity index is 497. The van der Waals surface area contributed by atoms with Crippen LogP contribution in [0.5, 0.6) is 0 Å². The first-order valence-electron chi connectivity index (χ1n) is 3.77. The molecule has 0 aliphatic carbocycles. The fourth-order valence-electron chi connectivity index (χ4n) is 0.948. The minimum atomic E-state index is -3.96. The highest BCUT2D eigenvalue weighted by Crippen LogP contribution is 2.14. The molecule has 0 spiro atoms. The summed E-state index contributed by atoms with van der Waals surface area (Å²) in [4.78, 5) is 10.7. The van der Waals surface area contributed by atoms with Crippen molar-refractivity contribution in [3.05, 3.63) is 29.6 Å². The third-order valence-corrected chi connectivity index (χ3v) is 2.58. The highest BCUT2D eigenvalue weighted by atomic mass is 32.2. The van der Waals surface area contributed by atoms with Gasteiger partial charge in [0, 0.05) is 0 Å². The van der Waals surface area contributed by atoms with Crippen molar-refractivity contribution in [1.29, 1.82) is 0 Å². The van der Waals surface area contributed by atoms with E-state index in [-0.39, 0.29) is 4.90 Å². The average molecular weight is 233 g/mol. The van der Waals surface area contributed by atoms with Gasteiger partial charge in [-0.25, -0.2) is 22.7 Å². The van der Waals surface area contributed by atoms with Gasteiger partial charge in [-0.05, 0) is 18.2 Å². The number of ether oxygens (including phenoxy) is 1. The van der Waals surface area contributed by atoms with Crippen LogP contribution >= 0.6 is 0 Å². The Kier molecular flexibility index (Phi) is 3.06. The molecule has 0 amide bonds. The number of carbonyl (C=O) groups excluding carboxylic acids is 1. The monoisotopic (exact) mass is 233 g/mol. The van der Waals surface area contributed by atoms with Crippen LogP contribution in [-0.2, 0) is 14.8 Å². The second-order valence-electron chi connectivity index (χ2n) is 2.68. The normalized spacial score (nSPS) is 11.1. The van der Waals surface area contributed by atoms with E-state index in [0.29, 0.717) is 0 Å². The van der Waals surface area contributed by atoms with Crippen molar-refractivity contribution in [1.82, 2.24) is 0 Å². The van der Waals surface area contributed by atoms with Crippen molar-refractivity contribution in [3.63, 3.8) is 0 Å². The summed E-state index contributed by atoms with van der Waals surface area (Å²) in [5, 5.41) is 4.81. The highest BCUT2D eigenvalue weighted by molar-refractivity contribution is 7.89. The van der Waals surface area contributed by atoms with E-state index >= 15 is 0 Å². The molecule has 0 aromatic heterocycles. The van der Waals surface area contributed by atoms with Crippen LogP contribution in [0.25, 0.3) is 0 Å². The summed E-state index contributed by atoms with van der Waals surface area (Å²) in [6.07, 6.45) is 0. The maximum atomic E-state index is 13.1. The van der Waals surface area contributed by atoms with Gasteiger partial charge in [-0.3, -0.25) is 0 Å². The minimum Gasteiger partial charge on any atom is -0.465 e. The Morgan fingerprint density at radius 2 is 2.07 bits per heavy atom. The fourth-order valence-corrected chi connectivity index (χ4v) is 1.49. The molecule has 15 heavy (non-hydrogen) atoms. The molecule has 0 aliphatic rings. The van der Waals surface area contributed by atoms with E-state index in [1.54, 1.807) is 0 Å². The van der Waals surface area contributed by atoms with E-state index in [2.05, 4.69) is 4.74 Å². The van der Waals surface area contributed by atoms with Crippen LogP contribution in [0.4, 0.5) is 4.39 Å². The van der Waals surface area contributed by atoms with E-state index in [9.17, 15) is 17.6 Å². The largest absolute Gasteiger partial charge is 0.465 e. The number of carbonyl (C=O) groups is 1. The topological polar surface area (TPSA) is 86.5 Å². The van der Waals surface area contributed by atoms with Crippen molar-refractivity contribution >= 4 is 16.0 Å². The standard InChI is InChI=1S/C8H8FNO4S/c1-14-8(11)6-4-5(15(10,12)13)2-3-7(6)9/h2-4H,1H3,(H2,10,12,13). The van der Waals surface area contributed by atoms with Gasteiger partial charge in [0.1, 0.15) is 5.82 Å². The first kappa shape index (κ1) is 11.6. The van der Waals surface area contributed by atoms with Gasteiger partial charge in [0.15, 0.2) is 0 Å². The van der Waals surface area contributed by atoms with Crippen LogP contribution in [0.2, 0.25) is 0 Å². The Balaban J connectivity index is 3.36. The number of halogens is 1. The second-order valence-corrected chi connectivity index (χ2v) is 4.24. The van der Waals surface area contributed by atoms with E-state index in [1.807, 2.05) is 0 Å². The first-order valence-corrected chi connectivity index (χ1v) is 5.31. The molecule has 1 rings (SSSR count). The Morgan fingerprint density at radius 1 is 1.47 bits per heavy atom. The van der Waals surface area contributed by atoms with Gasteiger partial charge in [-0.1, -0.05) is 0 Å². The van der Waals surface area contributed by atoms with E-state index < -0.39 is 27.4 Å². The van der Waals surface area contributed by atoms with Crippen LogP contribution in [-0.4, -0.2) is 21.5 Å². The summed E-state index contributed by atoms with van der Waals surface area (Å²) in [6, 6.07) is 2.64. The number of rotatable bonds is 2. The van der Waals surface area contributed by atoms with Crippen molar-refractivity contribution in [2.45, 2.75) is 4.90 Å². The molecule has 1 aromatic rings. The van der Waals surface area contributed by atoms with E-state index in [0.717, 1.165) is 25.3 Å². The van der Waals surface area contributed by atoms with Crippen molar-refractivity contribution in [2.24, 2.45) is 5.14 Å². The van der Waals surface area contributed by atoms with Crippen LogP contribution in [0.1, 0.15) is 10.4 Å². The fraction of sp³-hybridized carbons (Fsp3) is 0.125. The lowest BCUT2D eigenvalue weighted by atomic mass is 10.2. The van der Waals surface area contributed by atoms with Crippen LogP contribution in [0, 0.1) is 5.82 Å². The summed E-state index contributed by atoms with van der Waals surface area (Å²) < 4.78 is 39.1. The molecule has 7 heteroatoms. The number of nitrogens with two attached hydrogens (primary N) is 1. The lowest BCUT2D eigenvalue weighted by Gasteiger charge is -2.03. The average Bonchev–Trinajstić information content (AvgIpc) is 2.15. The Hall–Kier alpha value is -1.47. The first-order chi connectivity index (χ1) is 6.86. The van der Waals surface area contributed by atoms with Crippen molar-refractivity contribution in [3.8, 4) is 0 Å². The molecule has 0 saturated carbocycles. The van der Waals surface area contributed by atoms with Crippen LogP contribution < -0.4 is 5.14 Å². The molecular formula is C8H8FNO4S. The number of primary sulfonamides is 1. The summed E-state index contributed by atoms with van der Waals surface area (Å²) in [7, 11) is -2.90. The molecule has 82 valence electrons. The number of hydrogen-bond acceptors (Lipinski definition) is 4. The third kappa shape index (κ3) is 2.51. The van der Waals surface area contributed by atoms with E-state index in [4.69, 9.17) is 5.14 Å². The zero-order valence-corrected chi connectivity index (χ0v) is 8.55. The minimum absolute atomic E-state index is 0.343. The molecule has 0 saturated heterocycles. The summed E-state index contributed by atoms with van der Waals surface area (Å²) >= 11 is 0. The van der Waals surface area contributed by atoms with Gasteiger partial charge in [0.05, 0.1) is 17.6 Å². The number of esters is 1. The van der Waals surface area contributed by atoms with Crippen LogP contribution in [0.3, 0.4) is 0 Å². The van der Waals surface area contributed by atoms with Crippen molar-refractivity contribution < 1.29 is 22.3 Å². The van der Waals surface area contributed by atoms with Gasteiger partial charge in [-0.15, -0.1) is 0 Å². The maximum Gasteiger partial charge on any atom is 0.340 e. The molecule has 0 radical (unpaired) electrons.